The standard InChI is InChI=1S/C3H9P.V/c1-4(2)3;/h1-3H3;. The third-order valence-corrected chi connectivity index (χ3v) is 0. The van der Waals surface area contributed by atoms with Gasteiger partial charge < -0.3 is 0 Å². The van der Waals surface area contributed by atoms with Gasteiger partial charge in [0.15, 0.2) is 0 Å². The Morgan fingerprint density at radius 1 is 1.00 bits per heavy atom. The van der Waals surface area contributed by atoms with Gasteiger partial charge in [-0.1, -0.05) is 0 Å². The van der Waals surface area contributed by atoms with Gasteiger partial charge in [0.1, 0.15) is 0 Å². The van der Waals surface area contributed by atoms with E-state index in [2.05, 4.69) is 20.0 Å². The fraction of sp³-hybridized carbons (Fsp3) is 1.00. The van der Waals surface area contributed by atoms with Gasteiger partial charge in [0.2, 0.25) is 0 Å². The van der Waals surface area contributed by atoms with Crippen LogP contribution in [0.5, 0.6) is 0 Å². The van der Waals surface area contributed by atoms with Crippen molar-refractivity contribution in [2.75, 3.05) is 20.0 Å². The van der Waals surface area contributed by atoms with Gasteiger partial charge in [-0.3, -0.25) is 0 Å². The summed E-state index contributed by atoms with van der Waals surface area (Å²) in [5.41, 5.74) is 0. The van der Waals surface area contributed by atoms with Crippen molar-refractivity contribution in [3.8, 4) is 0 Å². The molecule has 0 saturated heterocycles. The molecule has 1 radical (unpaired) electrons. The zero-order valence-electron chi connectivity index (χ0n) is 3.89. The Balaban J connectivity index is 0. The first-order chi connectivity index (χ1) is 1.73. The van der Waals surface area contributed by atoms with Crippen LogP contribution >= 0.6 is 7.92 Å². The molecule has 0 aliphatic heterocycles. The van der Waals surface area contributed by atoms with E-state index >= 15 is 0 Å². The van der Waals surface area contributed by atoms with Gasteiger partial charge in [-0.15, -0.1) is 7.92 Å². The van der Waals surface area contributed by atoms with Gasteiger partial charge in [0.25, 0.3) is 0 Å². The molecule has 0 nitrogen and oxygen atoms in total. The molecule has 0 atom stereocenters. The summed E-state index contributed by atoms with van der Waals surface area (Å²) in [5, 5.41) is 0. The first-order valence-corrected chi connectivity index (χ1v) is 4.02. The van der Waals surface area contributed by atoms with E-state index in [1.54, 1.807) is 0 Å². The van der Waals surface area contributed by atoms with E-state index in [-0.39, 0.29) is 18.6 Å². The van der Waals surface area contributed by atoms with Crippen molar-refractivity contribution in [1.29, 1.82) is 0 Å². The Morgan fingerprint density at radius 3 is 1.00 bits per heavy atom. The first-order valence-electron chi connectivity index (χ1n) is 1.34. The van der Waals surface area contributed by atoms with Gasteiger partial charge in [-0.05, 0) is 20.0 Å². The Morgan fingerprint density at radius 2 is 1.00 bits per heavy atom. The molecule has 0 spiro atoms. The summed E-state index contributed by atoms with van der Waals surface area (Å²) in [6, 6.07) is 0. The van der Waals surface area contributed by atoms with Crippen molar-refractivity contribution in [3.05, 3.63) is 0 Å². The van der Waals surface area contributed by atoms with Gasteiger partial charge >= 0.3 is 0 Å². The Kier molecular flexibility index (Phi) is 9.41. The first kappa shape index (κ1) is 9.38. The van der Waals surface area contributed by atoms with Gasteiger partial charge in [-0.2, -0.15) is 0 Å². The fourth-order valence-corrected chi connectivity index (χ4v) is 0. The SMILES string of the molecule is CP(C)C.[V]. The van der Waals surface area contributed by atoms with Crippen LogP contribution in [0.2, 0.25) is 0 Å². The Hall–Kier alpha value is 1.01. The summed E-state index contributed by atoms with van der Waals surface area (Å²) in [4.78, 5) is 0. The van der Waals surface area contributed by atoms with Crippen LogP contribution in [0.1, 0.15) is 0 Å². The minimum Gasteiger partial charge on any atom is -0.116 e. The molecule has 5 heavy (non-hydrogen) atoms. The van der Waals surface area contributed by atoms with Crippen LogP contribution in [0, 0.1) is 0 Å². The number of hydrogen-bond donors (Lipinski definition) is 0. The molecule has 0 amide bonds. The van der Waals surface area contributed by atoms with E-state index in [9.17, 15) is 0 Å². The van der Waals surface area contributed by atoms with Crippen LogP contribution in [0.4, 0.5) is 0 Å². The summed E-state index contributed by atoms with van der Waals surface area (Å²) in [7, 11) is 0.380. The normalized spacial score (nSPS) is 7.20. The molecular formula is C3H9PV. The smallest absolute Gasteiger partial charge is 0 e. The number of rotatable bonds is 0. The maximum Gasteiger partial charge on any atom is 0 e. The minimum absolute atomic E-state index is 0. The third-order valence-electron chi connectivity index (χ3n) is 0. The number of hydrogen-bond acceptors (Lipinski definition) is 0. The summed E-state index contributed by atoms with van der Waals surface area (Å²) in [5.74, 6) is 0. The van der Waals surface area contributed by atoms with Crippen molar-refractivity contribution in [2.24, 2.45) is 0 Å². The molecule has 2 heteroatoms. The van der Waals surface area contributed by atoms with Crippen molar-refractivity contribution >= 4 is 7.92 Å². The maximum absolute atomic E-state index is 2.23. The van der Waals surface area contributed by atoms with Crippen molar-refractivity contribution in [1.82, 2.24) is 0 Å². The van der Waals surface area contributed by atoms with E-state index in [1.807, 2.05) is 0 Å². The quantitative estimate of drug-likeness (QED) is 0.431. The predicted octanol–water partition coefficient (Wildman–Crippen LogP) is 1.36. The molecule has 0 unspecified atom stereocenters. The van der Waals surface area contributed by atoms with Crippen LogP contribution in [-0.2, 0) is 18.6 Å². The maximum atomic E-state index is 2.23. The van der Waals surface area contributed by atoms with Crippen LogP contribution in [0.25, 0.3) is 0 Å². The second-order valence-electron chi connectivity index (χ2n) is 1.34. The van der Waals surface area contributed by atoms with Crippen molar-refractivity contribution in [2.45, 2.75) is 0 Å². The average molecular weight is 127 g/mol. The molecule has 0 saturated carbocycles. The van der Waals surface area contributed by atoms with Crippen LogP contribution in [-0.4, -0.2) is 20.0 Å². The van der Waals surface area contributed by atoms with E-state index < -0.39 is 0 Å². The molecule has 0 N–H and O–H groups in total. The van der Waals surface area contributed by atoms with Crippen LogP contribution in [0.15, 0.2) is 0 Å². The van der Waals surface area contributed by atoms with E-state index in [0.717, 1.165) is 0 Å². The predicted molar refractivity (Wildman–Crippen MR) is 24.7 cm³/mol. The van der Waals surface area contributed by atoms with E-state index in [0.29, 0.717) is 7.92 Å². The summed E-state index contributed by atoms with van der Waals surface area (Å²) in [6.45, 7) is 6.69. The van der Waals surface area contributed by atoms with Crippen LogP contribution in [0.3, 0.4) is 0 Å². The molecule has 0 fully saturated rings. The van der Waals surface area contributed by atoms with E-state index in [4.69, 9.17) is 0 Å². The molecular weight excluding hydrogens is 118 g/mol. The molecule has 0 heterocycles. The largest absolute Gasteiger partial charge is 0.116 e. The van der Waals surface area contributed by atoms with Crippen molar-refractivity contribution < 1.29 is 18.6 Å². The molecule has 0 rings (SSSR count). The summed E-state index contributed by atoms with van der Waals surface area (Å²) >= 11 is 0. The average Bonchev–Trinajstić information content (AvgIpc) is 0.811. The minimum atomic E-state index is 0. The van der Waals surface area contributed by atoms with Crippen molar-refractivity contribution in [3.63, 3.8) is 0 Å². The van der Waals surface area contributed by atoms with Gasteiger partial charge in [-0.25, -0.2) is 0 Å². The van der Waals surface area contributed by atoms with Gasteiger partial charge in [0, 0.05) is 18.6 Å². The summed E-state index contributed by atoms with van der Waals surface area (Å²) < 4.78 is 0. The monoisotopic (exact) mass is 127 g/mol. The zero-order valence-corrected chi connectivity index (χ0v) is 6.19. The molecule has 0 aliphatic rings. The Labute approximate surface area is 47.0 Å². The molecule has 31 valence electrons. The second-order valence-corrected chi connectivity index (χ2v) is 4.02. The topological polar surface area (TPSA) is 0 Å². The van der Waals surface area contributed by atoms with Gasteiger partial charge in [0.05, 0.1) is 0 Å². The molecule has 0 aromatic carbocycles. The Bertz CT molecular complexity index is 11.6. The second kappa shape index (κ2) is 5.01. The summed E-state index contributed by atoms with van der Waals surface area (Å²) in [6.07, 6.45) is 0. The fourth-order valence-electron chi connectivity index (χ4n) is 0. The molecule has 0 aliphatic carbocycles. The third kappa shape index (κ3) is 44.3. The van der Waals surface area contributed by atoms with E-state index in [1.165, 1.54) is 0 Å². The van der Waals surface area contributed by atoms with Crippen LogP contribution < -0.4 is 0 Å². The molecule has 0 bridgehead atoms. The molecule has 0 aromatic rings. The molecule has 0 aromatic heterocycles. The zero-order chi connectivity index (χ0) is 3.58.